The highest BCUT2D eigenvalue weighted by Crippen LogP contribution is 2.27. The summed E-state index contributed by atoms with van der Waals surface area (Å²) in [6.45, 7) is 8.12. The standard InChI is InChI=1S/C31H35ClN4O3S/c1-5-6-20-35(40(38,39)27-18-12-24(13-19-27)31(2,3)4)22-30(37)33-29-21-28(23-10-8-7-9-11-23)34-36(29)26-16-14-25(32)15-17-26/h7-19,21H,5-6,20,22H2,1-4H3,(H,33,37). The van der Waals surface area contributed by atoms with Gasteiger partial charge in [0.05, 0.1) is 22.8 Å². The van der Waals surface area contributed by atoms with Gasteiger partial charge in [-0.05, 0) is 53.8 Å². The third kappa shape index (κ3) is 6.99. The third-order valence-electron chi connectivity index (χ3n) is 6.56. The van der Waals surface area contributed by atoms with Gasteiger partial charge < -0.3 is 5.32 Å². The minimum absolute atomic E-state index is 0.101. The van der Waals surface area contributed by atoms with Crippen LogP contribution in [0.15, 0.2) is 89.8 Å². The second-order valence-electron chi connectivity index (χ2n) is 10.7. The number of carbonyl (C=O) groups is 1. The Bertz CT molecular complexity index is 1540. The zero-order valence-electron chi connectivity index (χ0n) is 23.3. The van der Waals surface area contributed by atoms with E-state index in [-0.39, 0.29) is 23.4 Å². The van der Waals surface area contributed by atoms with Crippen LogP contribution in [-0.2, 0) is 20.2 Å². The minimum atomic E-state index is -3.89. The van der Waals surface area contributed by atoms with Crippen LogP contribution in [0, 0.1) is 0 Å². The van der Waals surface area contributed by atoms with E-state index in [1.165, 1.54) is 4.31 Å². The first-order chi connectivity index (χ1) is 19.0. The smallest absolute Gasteiger partial charge is 0.243 e. The van der Waals surface area contributed by atoms with Crippen molar-refractivity contribution in [3.05, 3.63) is 95.5 Å². The predicted molar refractivity (Wildman–Crippen MR) is 161 cm³/mol. The fraction of sp³-hybridized carbons (Fsp3) is 0.290. The number of hydrogen-bond donors (Lipinski definition) is 1. The van der Waals surface area contributed by atoms with Crippen LogP contribution in [0.5, 0.6) is 0 Å². The number of carbonyl (C=O) groups excluding carboxylic acids is 1. The Balaban J connectivity index is 1.62. The van der Waals surface area contributed by atoms with Crippen molar-refractivity contribution in [3.63, 3.8) is 0 Å². The second kappa shape index (κ2) is 12.4. The van der Waals surface area contributed by atoms with E-state index in [0.717, 1.165) is 17.5 Å². The molecule has 0 spiro atoms. The number of halogens is 1. The molecule has 0 atom stereocenters. The van der Waals surface area contributed by atoms with Gasteiger partial charge in [-0.2, -0.15) is 9.40 Å². The maximum absolute atomic E-state index is 13.6. The number of anilines is 1. The topological polar surface area (TPSA) is 84.3 Å². The highest BCUT2D eigenvalue weighted by Gasteiger charge is 2.27. The van der Waals surface area contributed by atoms with E-state index in [1.54, 1.807) is 47.1 Å². The van der Waals surface area contributed by atoms with Crippen LogP contribution in [0.25, 0.3) is 16.9 Å². The molecule has 0 aliphatic heterocycles. The summed E-state index contributed by atoms with van der Waals surface area (Å²) in [6.07, 6.45) is 1.42. The van der Waals surface area contributed by atoms with Gasteiger partial charge in [0.1, 0.15) is 5.82 Å². The van der Waals surface area contributed by atoms with Crippen LogP contribution in [0.1, 0.15) is 46.1 Å². The van der Waals surface area contributed by atoms with E-state index in [1.807, 2.05) is 49.4 Å². The van der Waals surface area contributed by atoms with Gasteiger partial charge >= 0.3 is 0 Å². The summed E-state index contributed by atoms with van der Waals surface area (Å²) >= 11 is 6.09. The molecule has 0 saturated carbocycles. The maximum Gasteiger partial charge on any atom is 0.243 e. The Morgan fingerprint density at radius 3 is 2.23 bits per heavy atom. The molecule has 0 saturated heterocycles. The number of aromatic nitrogens is 2. The van der Waals surface area contributed by atoms with Gasteiger partial charge in [0.25, 0.3) is 0 Å². The third-order valence-corrected chi connectivity index (χ3v) is 8.67. The largest absolute Gasteiger partial charge is 0.309 e. The molecule has 0 aliphatic rings. The Hall–Kier alpha value is -3.46. The number of sulfonamides is 1. The van der Waals surface area contributed by atoms with Crippen molar-refractivity contribution in [1.82, 2.24) is 14.1 Å². The first-order valence-electron chi connectivity index (χ1n) is 13.3. The lowest BCUT2D eigenvalue weighted by molar-refractivity contribution is -0.116. The van der Waals surface area contributed by atoms with Gasteiger partial charge in [-0.1, -0.05) is 88.2 Å². The van der Waals surface area contributed by atoms with Gasteiger partial charge in [0.15, 0.2) is 0 Å². The molecular weight excluding hydrogens is 544 g/mol. The summed E-state index contributed by atoms with van der Waals surface area (Å²) in [6, 6.07) is 25.4. The van der Waals surface area contributed by atoms with E-state index in [4.69, 9.17) is 16.7 Å². The lowest BCUT2D eigenvalue weighted by Gasteiger charge is -2.23. The van der Waals surface area contributed by atoms with Gasteiger partial charge in [-0.25, -0.2) is 13.1 Å². The highest BCUT2D eigenvalue weighted by molar-refractivity contribution is 7.89. The van der Waals surface area contributed by atoms with Crippen molar-refractivity contribution in [2.45, 2.75) is 50.8 Å². The van der Waals surface area contributed by atoms with Crippen molar-refractivity contribution in [1.29, 1.82) is 0 Å². The van der Waals surface area contributed by atoms with E-state index in [9.17, 15) is 13.2 Å². The molecule has 0 bridgehead atoms. The average molecular weight is 579 g/mol. The zero-order chi connectivity index (χ0) is 28.9. The number of nitrogens with one attached hydrogen (secondary N) is 1. The molecule has 1 N–H and O–H groups in total. The van der Waals surface area contributed by atoms with E-state index in [2.05, 4.69) is 26.1 Å². The van der Waals surface area contributed by atoms with Crippen LogP contribution in [0.4, 0.5) is 5.82 Å². The van der Waals surface area contributed by atoms with Crippen molar-refractivity contribution in [2.75, 3.05) is 18.4 Å². The van der Waals surface area contributed by atoms with Crippen LogP contribution in [0.3, 0.4) is 0 Å². The maximum atomic E-state index is 13.6. The molecule has 4 aromatic rings. The molecule has 0 fully saturated rings. The van der Waals surface area contributed by atoms with Crippen LogP contribution < -0.4 is 5.32 Å². The summed E-state index contributed by atoms with van der Waals surface area (Å²) in [7, 11) is -3.89. The summed E-state index contributed by atoms with van der Waals surface area (Å²) < 4.78 is 30.1. The molecule has 0 unspecified atom stereocenters. The summed E-state index contributed by atoms with van der Waals surface area (Å²) in [5.41, 5.74) is 3.19. The van der Waals surface area contributed by atoms with Gasteiger partial charge in [-0.15, -0.1) is 0 Å². The molecule has 1 amide bonds. The minimum Gasteiger partial charge on any atom is -0.309 e. The highest BCUT2D eigenvalue weighted by atomic mass is 35.5. The lowest BCUT2D eigenvalue weighted by Crippen LogP contribution is -2.39. The molecule has 210 valence electrons. The Labute approximate surface area is 241 Å². The van der Waals surface area contributed by atoms with Gasteiger partial charge in [0.2, 0.25) is 15.9 Å². The quantitative estimate of drug-likeness (QED) is 0.221. The number of benzene rings is 3. The molecule has 4 rings (SSSR count). The molecule has 0 radical (unpaired) electrons. The number of hydrogen-bond acceptors (Lipinski definition) is 4. The lowest BCUT2D eigenvalue weighted by atomic mass is 9.87. The van der Waals surface area contributed by atoms with Crippen LogP contribution in [-0.4, -0.2) is 41.5 Å². The Morgan fingerprint density at radius 2 is 1.62 bits per heavy atom. The molecule has 9 heteroatoms. The molecule has 0 aliphatic carbocycles. The van der Waals surface area contributed by atoms with Crippen LogP contribution in [0.2, 0.25) is 5.02 Å². The van der Waals surface area contributed by atoms with Crippen molar-refractivity contribution in [2.24, 2.45) is 0 Å². The fourth-order valence-corrected chi connectivity index (χ4v) is 5.80. The molecule has 1 aromatic heterocycles. The number of rotatable bonds is 10. The first-order valence-corrected chi connectivity index (χ1v) is 15.1. The fourth-order valence-electron chi connectivity index (χ4n) is 4.24. The summed E-state index contributed by atoms with van der Waals surface area (Å²) in [5, 5.41) is 8.19. The SMILES string of the molecule is CCCCN(CC(=O)Nc1cc(-c2ccccc2)nn1-c1ccc(Cl)cc1)S(=O)(=O)c1ccc(C(C)(C)C)cc1. The van der Waals surface area contributed by atoms with E-state index < -0.39 is 15.9 Å². The van der Waals surface area contributed by atoms with Gasteiger partial charge in [0, 0.05) is 23.2 Å². The van der Waals surface area contributed by atoms with Crippen LogP contribution >= 0.6 is 11.6 Å². The molecule has 7 nitrogen and oxygen atoms in total. The monoisotopic (exact) mass is 578 g/mol. The normalized spacial score (nSPS) is 12.1. The molecule has 3 aromatic carbocycles. The van der Waals surface area contributed by atoms with E-state index >= 15 is 0 Å². The molecule has 1 heterocycles. The Kier molecular flexibility index (Phi) is 9.13. The summed E-state index contributed by atoms with van der Waals surface area (Å²) in [4.78, 5) is 13.5. The predicted octanol–water partition coefficient (Wildman–Crippen LogP) is 6.92. The average Bonchev–Trinajstić information content (AvgIpc) is 3.35. The van der Waals surface area contributed by atoms with Crippen molar-refractivity contribution < 1.29 is 13.2 Å². The van der Waals surface area contributed by atoms with Crippen molar-refractivity contribution >= 4 is 33.3 Å². The number of amides is 1. The van der Waals surface area contributed by atoms with Gasteiger partial charge in [-0.3, -0.25) is 4.79 Å². The number of unbranched alkanes of at least 4 members (excludes halogenated alkanes) is 1. The second-order valence-corrected chi connectivity index (χ2v) is 13.1. The Morgan fingerprint density at radius 1 is 0.975 bits per heavy atom. The number of nitrogens with zero attached hydrogens (tertiary/aromatic N) is 3. The van der Waals surface area contributed by atoms with Crippen molar-refractivity contribution in [3.8, 4) is 16.9 Å². The summed E-state index contributed by atoms with van der Waals surface area (Å²) in [5.74, 6) is -0.0331. The first kappa shape index (κ1) is 29.5. The van der Waals surface area contributed by atoms with E-state index in [0.29, 0.717) is 28.6 Å². The molecular formula is C31H35ClN4O3S. The zero-order valence-corrected chi connectivity index (χ0v) is 24.8. The molecule has 40 heavy (non-hydrogen) atoms.